The van der Waals surface area contributed by atoms with Crippen LogP contribution in [0.4, 0.5) is 22.0 Å². The molecule has 2 aliphatic carbocycles. The SMILES string of the molecule is C/C=C/C(F)(F)C1=CCC(C)C=C(NC(=O)c2ncc(-c3ccccc3C(F)(F)F)cc2O[C@H]2CCC[C@H](O)C2)C=C1. The molecule has 1 fully saturated rings. The third-order valence-electron chi connectivity index (χ3n) is 7.14. The average Bonchev–Trinajstić information content (AvgIpc) is 2.91. The second-order valence-corrected chi connectivity index (χ2v) is 10.6. The standard InChI is InChI=1S/C32H33F5N2O3/c1-3-15-31(33,34)22-12-11-20(2)16-23(14-13-22)39-30(41)29-28(42-25-8-6-7-24(40)18-25)17-21(19-38-29)26-9-4-5-10-27(26)32(35,36)37/h3-5,9-10,12-17,19-20,24-25,40H,6-8,11,18H2,1-2H3,(H,39,41)/b14-13?,15-3+,22-12?,23-16?/t20?,24-,25-/m0/s1. The average molecular weight is 589 g/mol. The molecule has 0 radical (unpaired) electrons. The maximum Gasteiger partial charge on any atom is 0.417 e. The fourth-order valence-electron chi connectivity index (χ4n) is 5.06. The first-order chi connectivity index (χ1) is 19.9. The van der Waals surface area contributed by atoms with Crippen molar-refractivity contribution in [1.82, 2.24) is 10.3 Å². The second-order valence-electron chi connectivity index (χ2n) is 10.6. The molecule has 2 N–H and O–H groups in total. The Labute approximate surface area is 241 Å². The Hall–Kier alpha value is -3.79. The summed E-state index contributed by atoms with van der Waals surface area (Å²) in [5.74, 6) is -4.13. The van der Waals surface area contributed by atoms with E-state index in [1.165, 1.54) is 61.7 Å². The maximum absolute atomic E-state index is 14.6. The molecular formula is C32H33F5N2O3. The molecule has 1 aromatic heterocycles. The summed E-state index contributed by atoms with van der Waals surface area (Å²) in [6.07, 6.45) is 5.83. The van der Waals surface area contributed by atoms with Crippen molar-refractivity contribution >= 4 is 5.91 Å². The number of hydrogen-bond acceptors (Lipinski definition) is 4. The van der Waals surface area contributed by atoms with E-state index >= 15 is 0 Å². The van der Waals surface area contributed by atoms with Crippen LogP contribution < -0.4 is 10.1 Å². The molecule has 0 bridgehead atoms. The summed E-state index contributed by atoms with van der Waals surface area (Å²) in [6, 6.07) is 6.38. The van der Waals surface area contributed by atoms with Crippen LogP contribution in [0.3, 0.4) is 0 Å². The zero-order valence-corrected chi connectivity index (χ0v) is 23.3. The van der Waals surface area contributed by atoms with Gasteiger partial charge in [0.05, 0.1) is 11.7 Å². The number of rotatable bonds is 7. The fourth-order valence-corrected chi connectivity index (χ4v) is 5.06. The molecule has 4 rings (SSSR count). The Morgan fingerprint density at radius 3 is 2.62 bits per heavy atom. The van der Waals surface area contributed by atoms with Gasteiger partial charge in [0.1, 0.15) is 6.10 Å². The van der Waals surface area contributed by atoms with Crippen molar-refractivity contribution in [2.24, 2.45) is 5.92 Å². The van der Waals surface area contributed by atoms with Crippen LogP contribution in [0.5, 0.6) is 5.75 Å². The summed E-state index contributed by atoms with van der Waals surface area (Å²) in [7, 11) is 0. The Balaban J connectivity index is 1.68. The largest absolute Gasteiger partial charge is 0.488 e. The molecule has 2 aromatic rings. The first kappa shape index (κ1) is 31.2. The Morgan fingerprint density at radius 1 is 1.14 bits per heavy atom. The molecule has 0 aliphatic heterocycles. The minimum Gasteiger partial charge on any atom is -0.488 e. The smallest absolute Gasteiger partial charge is 0.417 e. The van der Waals surface area contributed by atoms with Crippen molar-refractivity contribution in [3.8, 4) is 16.9 Å². The highest BCUT2D eigenvalue weighted by Gasteiger charge is 2.34. The first-order valence-electron chi connectivity index (χ1n) is 13.8. The zero-order chi connectivity index (χ0) is 30.5. The molecule has 224 valence electrons. The zero-order valence-electron chi connectivity index (χ0n) is 23.3. The summed E-state index contributed by atoms with van der Waals surface area (Å²) >= 11 is 0. The highest BCUT2D eigenvalue weighted by atomic mass is 19.4. The Morgan fingerprint density at radius 2 is 1.90 bits per heavy atom. The van der Waals surface area contributed by atoms with E-state index < -0.39 is 35.8 Å². The summed E-state index contributed by atoms with van der Waals surface area (Å²) < 4.78 is 76.4. The number of benzene rings is 1. The number of nitrogens with one attached hydrogen (secondary N) is 1. The molecule has 1 amide bonds. The van der Waals surface area contributed by atoms with Crippen LogP contribution in [0.15, 0.2) is 84.3 Å². The van der Waals surface area contributed by atoms with E-state index in [0.29, 0.717) is 32.1 Å². The summed E-state index contributed by atoms with van der Waals surface area (Å²) in [5.41, 5.74) is -1.01. The summed E-state index contributed by atoms with van der Waals surface area (Å²) in [5, 5.41) is 12.8. The Bertz CT molecular complexity index is 1410. The van der Waals surface area contributed by atoms with Gasteiger partial charge in [0.15, 0.2) is 11.4 Å². The van der Waals surface area contributed by atoms with Gasteiger partial charge in [-0.1, -0.05) is 49.4 Å². The molecule has 5 nitrogen and oxygen atoms in total. The van der Waals surface area contributed by atoms with Crippen LogP contribution in [0, 0.1) is 5.92 Å². The number of hydrogen-bond donors (Lipinski definition) is 2. The minimum absolute atomic E-state index is 0.0373. The minimum atomic E-state index is -4.62. The molecule has 1 unspecified atom stereocenters. The number of nitrogens with zero attached hydrogens (tertiary/aromatic N) is 1. The maximum atomic E-state index is 14.6. The van der Waals surface area contributed by atoms with E-state index in [2.05, 4.69) is 10.3 Å². The van der Waals surface area contributed by atoms with Crippen LogP contribution in [-0.2, 0) is 6.18 Å². The number of carbonyl (C=O) groups is 1. The van der Waals surface area contributed by atoms with E-state index in [0.717, 1.165) is 12.1 Å². The van der Waals surface area contributed by atoms with Crippen molar-refractivity contribution in [2.45, 2.75) is 70.3 Å². The van der Waals surface area contributed by atoms with Crippen molar-refractivity contribution in [1.29, 1.82) is 0 Å². The van der Waals surface area contributed by atoms with E-state index in [-0.39, 0.29) is 39.8 Å². The topological polar surface area (TPSA) is 71.5 Å². The van der Waals surface area contributed by atoms with E-state index in [1.807, 2.05) is 6.92 Å². The Kier molecular flexibility index (Phi) is 9.66. The lowest BCUT2D eigenvalue weighted by molar-refractivity contribution is -0.137. The van der Waals surface area contributed by atoms with Gasteiger partial charge in [0.25, 0.3) is 11.8 Å². The number of allylic oxidation sites excluding steroid dienone is 7. The molecule has 0 saturated heterocycles. The van der Waals surface area contributed by atoms with Crippen LogP contribution in [0.25, 0.3) is 11.1 Å². The number of halogens is 5. The quantitative estimate of drug-likeness (QED) is 0.256. The van der Waals surface area contributed by atoms with Gasteiger partial charge in [0.2, 0.25) is 0 Å². The second kappa shape index (κ2) is 13.0. The van der Waals surface area contributed by atoms with Gasteiger partial charge in [0, 0.05) is 29.5 Å². The molecular weight excluding hydrogens is 555 g/mol. The van der Waals surface area contributed by atoms with Gasteiger partial charge in [-0.25, -0.2) is 4.98 Å². The monoisotopic (exact) mass is 588 g/mol. The molecule has 1 aromatic carbocycles. The van der Waals surface area contributed by atoms with Crippen molar-refractivity contribution < 1.29 is 36.6 Å². The highest BCUT2D eigenvalue weighted by Crippen LogP contribution is 2.38. The molecule has 2 aliphatic rings. The van der Waals surface area contributed by atoms with Crippen LogP contribution >= 0.6 is 0 Å². The number of pyridine rings is 1. The fraction of sp³-hybridized carbons (Fsp3) is 0.375. The third kappa shape index (κ3) is 7.73. The highest BCUT2D eigenvalue weighted by molar-refractivity contribution is 5.97. The van der Waals surface area contributed by atoms with Gasteiger partial charge in [-0.3, -0.25) is 4.79 Å². The van der Waals surface area contributed by atoms with Crippen molar-refractivity contribution in [3.63, 3.8) is 0 Å². The van der Waals surface area contributed by atoms with Crippen LogP contribution in [-0.4, -0.2) is 34.1 Å². The van der Waals surface area contributed by atoms with Crippen LogP contribution in [0.1, 0.15) is 62.0 Å². The molecule has 1 saturated carbocycles. The summed E-state index contributed by atoms with van der Waals surface area (Å²) in [6.45, 7) is 3.32. The first-order valence-corrected chi connectivity index (χ1v) is 13.8. The lowest BCUT2D eigenvalue weighted by atomic mass is 9.95. The summed E-state index contributed by atoms with van der Waals surface area (Å²) in [4.78, 5) is 17.7. The molecule has 3 atom stereocenters. The van der Waals surface area contributed by atoms with E-state index in [4.69, 9.17) is 4.74 Å². The van der Waals surface area contributed by atoms with Gasteiger partial charge in [-0.15, -0.1) is 0 Å². The lowest BCUT2D eigenvalue weighted by Crippen LogP contribution is -2.30. The third-order valence-corrected chi connectivity index (χ3v) is 7.14. The number of carbonyl (C=O) groups excluding carboxylic acids is 1. The van der Waals surface area contributed by atoms with Gasteiger partial charge in [-0.2, -0.15) is 22.0 Å². The molecule has 1 heterocycles. The normalized spacial score (nSPS) is 21.8. The number of aromatic nitrogens is 1. The van der Waals surface area contributed by atoms with E-state index in [9.17, 15) is 31.9 Å². The number of amides is 1. The lowest BCUT2D eigenvalue weighted by Gasteiger charge is -2.27. The van der Waals surface area contributed by atoms with Crippen molar-refractivity contribution in [2.75, 3.05) is 0 Å². The predicted octanol–water partition coefficient (Wildman–Crippen LogP) is 7.80. The van der Waals surface area contributed by atoms with Gasteiger partial charge < -0.3 is 15.2 Å². The molecule has 10 heteroatoms. The van der Waals surface area contributed by atoms with Gasteiger partial charge >= 0.3 is 6.18 Å². The number of ether oxygens (including phenoxy) is 1. The molecule has 42 heavy (non-hydrogen) atoms. The predicted molar refractivity (Wildman–Crippen MR) is 150 cm³/mol. The van der Waals surface area contributed by atoms with Crippen molar-refractivity contribution in [3.05, 3.63) is 95.5 Å². The number of aliphatic hydroxyl groups excluding tert-OH is 1. The van der Waals surface area contributed by atoms with E-state index in [1.54, 1.807) is 6.08 Å². The number of alkyl halides is 5. The molecule has 0 spiro atoms. The van der Waals surface area contributed by atoms with Gasteiger partial charge in [-0.05, 0) is 68.4 Å². The number of aliphatic hydroxyl groups is 1. The van der Waals surface area contributed by atoms with Crippen LogP contribution in [0.2, 0.25) is 0 Å².